The summed E-state index contributed by atoms with van der Waals surface area (Å²) in [5.41, 5.74) is 3.49. The van der Waals surface area contributed by atoms with Crippen LogP contribution in [0, 0.1) is 0 Å². The first-order chi connectivity index (χ1) is 16.6. The molecule has 176 valence electrons. The Morgan fingerprint density at radius 2 is 1.79 bits per heavy atom. The van der Waals surface area contributed by atoms with Gasteiger partial charge in [-0.05, 0) is 30.2 Å². The SMILES string of the molecule is CNC(=O)CCc1cccc(-n2ccc3cnc(Nc4cc(OC)c(OC)c(OC)c4)nc32)c1. The van der Waals surface area contributed by atoms with Crippen LogP contribution in [-0.4, -0.2) is 48.8 Å². The minimum atomic E-state index is 0.0204. The third-order valence-electron chi connectivity index (χ3n) is 5.46. The average molecular weight is 462 g/mol. The van der Waals surface area contributed by atoms with E-state index >= 15 is 0 Å². The molecule has 2 heterocycles. The van der Waals surface area contributed by atoms with Gasteiger partial charge in [0.1, 0.15) is 5.65 Å². The van der Waals surface area contributed by atoms with Crippen LogP contribution < -0.4 is 24.8 Å². The Kier molecular flexibility index (Phi) is 6.82. The van der Waals surface area contributed by atoms with Gasteiger partial charge in [-0.1, -0.05) is 12.1 Å². The number of fused-ring (bicyclic) bond motifs is 1. The summed E-state index contributed by atoms with van der Waals surface area (Å²) in [6.45, 7) is 0. The van der Waals surface area contributed by atoms with E-state index in [0.717, 1.165) is 22.3 Å². The lowest BCUT2D eigenvalue weighted by atomic mass is 10.1. The lowest BCUT2D eigenvalue weighted by Crippen LogP contribution is -2.17. The highest BCUT2D eigenvalue weighted by atomic mass is 16.5. The normalized spacial score (nSPS) is 10.7. The standard InChI is InChI=1S/C25H27N5O4/c1-26-22(31)9-8-16-6-5-7-19(12-16)30-11-10-17-15-27-25(29-24(17)30)28-18-13-20(32-2)23(34-4)21(14-18)33-3/h5-7,10-15H,8-9H2,1-4H3,(H,26,31)(H,27,28,29). The number of nitrogens with zero attached hydrogens (tertiary/aromatic N) is 3. The van der Waals surface area contributed by atoms with Crippen molar-refractivity contribution in [2.45, 2.75) is 12.8 Å². The van der Waals surface area contributed by atoms with Gasteiger partial charge in [-0.15, -0.1) is 0 Å². The van der Waals surface area contributed by atoms with Gasteiger partial charge in [0.2, 0.25) is 17.6 Å². The molecule has 0 saturated carbocycles. The summed E-state index contributed by atoms with van der Waals surface area (Å²) >= 11 is 0. The van der Waals surface area contributed by atoms with Gasteiger partial charge >= 0.3 is 0 Å². The molecular formula is C25H27N5O4. The van der Waals surface area contributed by atoms with E-state index in [1.807, 2.05) is 35.0 Å². The third kappa shape index (κ3) is 4.73. The average Bonchev–Trinajstić information content (AvgIpc) is 3.30. The second-order valence-corrected chi connectivity index (χ2v) is 7.54. The fourth-order valence-corrected chi connectivity index (χ4v) is 3.71. The summed E-state index contributed by atoms with van der Waals surface area (Å²) in [6.07, 6.45) is 4.84. The van der Waals surface area contributed by atoms with Crippen molar-refractivity contribution in [2.24, 2.45) is 0 Å². The van der Waals surface area contributed by atoms with Crippen LogP contribution in [0.25, 0.3) is 16.7 Å². The molecule has 0 aliphatic rings. The predicted molar refractivity (Wildman–Crippen MR) is 131 cm³/mol. The van der Waals surface area contributed by atoms with Crippen molar-refractivity contribution in [2.75, 3.05) is 33.7 Å². The van der Waals surface area contributed by atoms with Crippen molar-refractivity contribution in [3.63, 3.8) is 0 Å². The number of benzene rings is 2. The first-order valence-electron chi connectivity index (χ1n) is 10.8. The van der Waals surface area contributed by atoms with Crippen molar-refractivity contribution in [1.82, 2.24) is 19.9 Å². The molecule has 0 radical (unpaired) electrons. The minimum Gasteiger partial charge on any atom is -0.493 e. The highest BCUT2D eigenvalue weighted by molar-refractivity contribution is 5.79. The molecule has 2 aromatic carbocycles. The van der Waals surface area contributed by atoms with E-state index < -0.39 is 0 Å². The maximum atomic E-state index is 11.6. The summed E-state index contributed by atoms with van der Waals surface area (Å²) in [7, 11) is 6.35. The van der Waals surface area contributed by atoms with E-state index in [9.17, 15) is 4.79 Å². The molecule has 9 heteroatoms. The maximum Gasteiger partial charge on any atom is 0.229 e. The van der Waals surface area contributed by atoms with Crippen LogP contribution in [0.1, 0.15) is 12.0 Å². The molecule has 0 unspecified atom stereocenters. The molecular weight excluding hydrogens is 434 g/mol. The lowest BCUT2D eigenvalue weighted by Gasteiger charge is -2.14. The van der Waals surface area contributed by atoms with Gasteiger partial charge < -0.3 is 29.4 Å². The van der Waals surface area contributed by atoms with E-state index in [2.05, 4.69) is 21.7 Å². The summed E-state index contributed by atoms with van der Waals surface area (Å²) in [4.78, 5) is 20.8. The highest BCUT2D eigenvalue weighted by Crippen LogP contribution is 2.40. The highest BCUT2D eigenvalue weighted by Gasteiger charge is 2.14. The van der Waals surface area contributed by atoms with Crippen LogP contribution in [-0.2, 0) is 11.2 Å². The van der Waals surface area contributed by atoms with E-state index in [1.54, 1.807) is 46.7 Å². The zero-order valence-electron chi connectivity index (χ0n) is 19.6. The van der Waals surface area contributed by atoms with Gasteiger partial charge in [-0.2, -0.15) is 4.98 Å². The number of anilines is 2. The van der Waals surface area contributed by atoms with E-state index in [0.29, 0.717) is 41.7 Å². The number of nitrogens with one attached hydrogen (secondary N) is 2. The van der Waals surface area contributed by atoms with Gasteiger partial charge in [0.05, 0.1) is 21.3 Å². The number of methoxy groups -OCH3 is 3. The zero-order valence-corrected chi connectivity index (χ0v) is 19.6. The Labute approximate surface area is 197 Å². The summed E-state index contributed by atoms with van der Waals surface area (Å²) in [5, 5.41) is 6.79. The minimum absolute atomic E-state index is 0.0204. The first kappa shape index (κ1) is 22.9. The Morgan fingerprint density at radius 1 is 1.03 bits per heavy atom. The molecule has 1 amide bonds. The van der Waals surface area contributed by atoms with Crippen LogP contribution in [0.3, 0.4) is 0 Å². The van der Waals surface area contributed by atoms with E-state index in [4.69, 9.17) is 19.2 Å². The zero-order chi connectivity index (χ0) is 24.1. The quantitative estimate of drug-likeness (QED) is 0.390. The molecule has 0 saturated heterocycles. The maximum absolute atomic E-state index is 11.6. The van der Waals surface area contributed by atoms with Crippen molar-refractivity contribution >= 4 is 28.6 Å². The first-order valence-corrected chi connectivity index (χ1v) is 10.8. The molecule has 0 aliphatic heterocycles. The predicted octanol–water partition coefficient (Wildman–Crippen LogP) is 3.87. The van der Waals surface area contributed by atoms with Gasteiger partial charge in [0, 0.05) is 54.8 Å². The van der Waals surface area contributed by atoms with Crippen molar-refractivity contribution in [3.05, 3.63) is 60.4 Å². The van der Waals surface area contributed by atoms with Gasteiger partial charge in [-0.25, -0.2) is 4.98 Å². The molecule has 0 spiro atoms. The van der Waals surface area contributed by atoms with Crippen LogP contribution in [0.15, 0.2) is 54.9 Å². The molecule has 0 aliphatic carbocycles. The molecule has 9 nitrogen and oxygen atoms in total. The summed E-state index contributed by atoms with van der Waals surface area (Å²) in [6, 6.07) is 13.6. The Hall–Kier alpha value is -4.27. The molecule has 2 N–H and O–H groups in total. The fraction of sp³-hybridized carbons (Fsp3) is 0.240. The number of ether oxygens (including phenoxy) is 3. The molecule has 0 fully saturated rings. The number of hydrogen-bond donors (Lipinski definition) is 2. The Bertz CT molecular complexity index is 1290. The van der Waals surface area contributed by atoms with Crippen molar-refractivity contribution in [1.29, 1.82) is 0 Å². The third-order valence-corrected chi connectivity index (χ3v) is 5.46. The smallest absolute Gasteiger partial charge is 0.229 e. The molecule has 4 rings (SSSR count). The lowest BCUT2D eigenvalue weighted by molar-refractivity contribution is -0.120. The summed E-state index contributed by atoms with van der Waals surface area (Å²) < 4.78 is 18.2. The number of aryl methyl sites for hydroxylation is 1. The monoisotopic (exact) mass is 461 g/mol. The second kappa shape index (κ2) is 10.1. The number of amides is 1. The summed E-state index contributed by atoms with van der Waals surface area (Å²) in [5.74, 6) is 2.02. The molecule has 0 bridgehead atoms. The van der Waals surface area contributed by atoms with Crippen molar-refractivity contribution < 1.29 is 19.0 Å². The van der Waals surface area contributed by atoms with Crippen LogP contribution >= 0.6 is 0 Å². The number of carbonyl (C=O) groups is 1. The Morgan fingerprint density at radius 3 is 2.47 bits per heavy atom. The Balaban J connectivity index is 1.65. The number of aromatic nitrogens is 3. The van der Waals surface area contributed by atoms with Crippen molar-refractivity contribution in [3.8, 4) is 22.9 Å². The van der Waals surface area contributed by atoms with E-state index in [-0.39, 0.29) is 5.91 Å². The van der Waals surface area contributed by atoms with E-state index in [1.165, 1.54) is 0 Å². The number of rotatable bonds is 9. The fourth-order valence-electron chi connectivity index (χ4n) is 3.71. The molecule has 4 aromatic rings. The number of carbonyl (C=O) groups excluding carboxylic acids is 1. The topological polar surface area (TPSA) is 99.5 Å². The molecule has 2 aromatic heterocycles. The van der Waals surface area contributed by atoms with Crippen LogP contribution in [0.2, 0.25) is 0 Å². The van der Waals surface area contributed by atoms with Gasteiger partial charge in [0.25, 0.3) is 0 Å². The van der Waals surface area contributed by atoms with Crippen LogP contribution in [0.4, 0.5) is 11.6 Å². The second-order valence-electron chi connectivity index (χ2n) is 7.54. The van der Waals surface area contributed by atoms with Gasteiger partial charge in [-0.3, -0.25) is 4.79 Å². The van der Waals surface area contributed by atoms with Gasteiger partial charge in [0.15, 0.2) is 11.5 Å². The molecule has 0 atom stereocenters. The van der Waals surface area contributed by atoms with Crippen LogP contribution in [0.5, 0.6) is 17.2 Å². The largest absolute Gasteiger partial charge is 0.493 e. The number of hydrogen-bond acceptors (Lipinski definition) is 7. The molecule has 34 heavy (non-hydrogen) atoms.